The molecule has 2 N–H and O–H groups in total. The molecule has 0 heterocycles. The van der Waals surface area contributed by atoms with E-state index >= 15 is 0 Å². The second-order valence-electron chi connectivity index (χ2n) is 18.8. The zero-order chi connectivity index (χ0) is 49.1. The molecule has 0 aromatic heterocycles. The second kappa shape index (κ2) is 27.5. The van der Waals surface area contributed by atoms with E-state index in [0.717, 1.165) is 65.0 Å². The lowest BCUT2D eigenvalue weighted by Crippen LogP contribution is -2.34. The lowest BCUT2D eigenvalue weighted by Gasteiger charge is -2.23. The van der Waals surface area contributed by atoms with Crippen LogP contribution in [0.1, 0.15) is 143 Å². The number of aliphatic hydroxyl groups excluding tert-OH is 2. The largest absolute Gasteiger partial charge is 0.512 e. The topological polar surface area (TPSA) is 46.9 Å². The van der Waals surface area contributed by atoms with Crippen molar-refractivity contribution in [3.05, 3.63) is 175 Å². The molecule has 4 nitrogen and oxygen atoms in total. The van der Waals surface area contributed by atoms with Crippen LogP contribution in [0, 0.1) is 13.8 Å². The maximum atomic E-state index is 11.7. The standard InChI is InChI=1S/C61H86N2O2/c1-20-26-52(58(65)37-51(22-3)49(16)50(17)57(48(15)30-28-41(4)5)36-54-35-45(12)29-31-47(54)14)39-63(19)34-33-62(18)32-25-23-24-27-53(40-64)61-59(44(10)11)55(42(6)7)38-56(43(8)9)60(61)46(13)21-2/h20-24,27-31,35-36,38,64-65H,1,8,25-26,32-34,37,39-40H2,2-7,9-19H3/b24-23-,46-21-,48-30-,50-49+,51-22+,53-27+,57-36-,58-52-. The quantitative estimate of drug-likeness (QED) is 0.0703. The van der Waals surface area contributed by atoms with Crippen molar-refractivity contribution < 1.29 is 10.2 Å². The molecule has 2 rings (SSSR count). The first-order valence-corrected chi connectivity index (χ1v) is 23.5. The van der Waals surface area contributed by atoms with Gasteiger partial charge in [-0.1, -0.05) is 101 Å². The van der Waals surface area contributed by atoms with Gasteiger partial charge in [-0.2, -0.15) is 0 Å². The van der Waals surface area contributed by atoms with E-state index in [9.17, 15) is 10.2 Å². The molecule has 0 amide bonds. The number of allylic oxidation sites excluding steroid dienone is 15. The van der Waals surface area contributed by atoms with E-state index in [2.05, 4.69) is 214 Å². The molecule has 0 fully saturated rings. The Morgan fingerprint density at radius 2 is 1.43 bits per heavy atom. The van der Waals surface area contributed by atoms with Crippen molar-refractivity contribution in [2.75, 3.05) is 46.9 Å². The Labute approximate surface area is 397 Å². The molecular formula is C61H86N2O2. The van der Waals surface area contributed by atoms with Crippen LogP contribution in [0.4, 0.5) is 0 Å². The molecule has 0 aliphatic heterocycles. The van der Waals surface area contributed by atoms with Gasteiger partial charge in [0.2, 0.25) is 0 Å². The summed E-state index contributed by atoms with van der Waals surface area (Å²) in [5.41, 5.74) is 20.8. The number of hydrogen-bond acceptors (Lipinski definition) is 4. The van der Waals surface area contributed by atoms with Crippen LogP contribution in [0.2, 0.25) is 0 Å². The van der Waals surface area contributed by atoms with Crippen molar-refractivity contribution in [3.63, 3.8) is 0 Å². The van der Waals surface area contributed by atoms with Crippen molar-refractivity contribution >= 4 is 33.9 Å². The predicted octanol–water partition coefficient (Wildman–Crippen LogP) is 14.4. The van der Waals surface area contributed by atoms with Crippen molar-refractivity contribution in [2.45, 2.75) is 123 Å². The Balaban J connectivity index is 2.31. The first kappa shape index (κ1) is 56.1. The fourth-order valence-electron chi connectivity index (χ4n) is 8.07. The smallest absolute Gasteiger partial charge is 0.0974 e. The Morgan fingerprint density at radius 3 is 1.98 bits per heavy atom. The number of nitrogens with zero attached hydrogens (tertiary/aromatic N) is 2. The average molecular weight is 879 g/mol. The summed E-state index contributed by atoms with van der Waals surface area (Å²) < 4.78 is 0. The number of hydrogen-bond donors (Lipinski definition) is 2. The van der Waals surface area contributed by atoms with Crippen LogP contribution in [0.15, 0.2) is 131 Å². The number of aliphatic hydroxyl groups is 2. The normalized spacial score (nSPS) is 14.0. The van der Waals surface area contributed by atoms with Gasteiger partial charge in [-0.25, -0.2) is 0 Å². The van der Waals surface area contributed by atoms with Gasteiger partial charge in [-0.15, -0.1) is 6.58 Å². The van der Waals surface area contributed by atoms with Crippen molar-refractivity contribution in [2.24, 2.45) is 0 Å². The SMILES string of the molecule is C=CC/C(CN(C)CCN(C)CC/C=C\C=C(/CO)c1c(/C(C)=C\C)c(C(=C)C)cc(=C(C)C)c1=C(C)C)=C(/O)CC(=C\C)/C(C)=C(C)/C(=C\c1cc(C)ccc1C)C(/C)=C\C=C(C)C. The summed E-state index contributed by atoms with van der Waals surface area (Å²) in [5, 5.41) is 25.0. The van der Waals surface area contributed by atoms with Gasteiger partial charge < -0.3 is 20.0 Å². The summed E-state index contributed by atoms with van der Waals surface area (Å²) in [6.07, 6.45) is 21.3. The van der Waals surface area contributed by atoms with Crippen LogP contribution in [-0.2, 0) is 0 Å². The highest BCUT2D eigenvalue weighted by Gasteiger charge is 2.19. The molecule has 2 aromatic rings. The molecule has 0 spiro atoms. The lowest BCUT2D eigenvalue weighted by atomic mass is 9.84. The maximum Gasteiger partial charge on any atom is 0.0974 e. The van der Waals surface area contributed by atoms with E-state index in [1.165, 1.54) is 71.7 Å². The third kappa shape index (κ3) is 16.7. The molecular weight excluding hydrogens is 793 g/mol. The molecule has 0 saturated heterocycles. The highest BCUT2D eigenvalue weighted by molar-refractivity contribution is 5.88. The molecule has 0 unspecified atom stereocenters. The first-order chi connectivity index (χ1) is 30.6. The summed E-state index contributed by atoms with van der Waals surface area (Å²) in [7, 11) is 4.29. The van der Waals surface area contributed by atoms with Crippen molar-refractivity contribution in [1.29, 1.82) is 0 Å². The Hall–Kier alpha value is -5.00. The summed E-state index contributed by atoms with van der Waals surface area (Å²) in [5.74, 6) is 0.417. The van der Waals surface area contributed by atoms with E-state index in [1.54, 1.807) is 0 Å². The minimum absolute atomic E-state index is 0.0623. The van der Waals surface area contributed by atoms with Crippen molar-refractivity contribution in [1.82, 2.24) is 9.80 Å². The molecule has 352 valence electrons. The number of benzene rings is 2. The highest BCUT2D eigenvalue weighted by atomic mass is 16.3. The zero-order valence-corrected chi connectivity index (χ0v) is 43.9. The molecule has 4 heteroatoms. The Morgan fingerprint density at radius 1 is 0.769 bits per heavy atom. The van der Waals surface area contributed by atoms with Crippen LogP contribution in [0.25, 0.3) is 33.9 Å². The van der Waals surface area contributed by atoms with Gasteiger partial charge in [0.1, 0.15) is 0 Å². The van der Waals surface area contributed by atoms with E-state index < -0.39 is 0 Å². The predicted molar refractivity (Wildman–Crippen MR) is 291 cm³/mol. The van der Waals surface area contributed by atoms with Crippen LogP contribution in [-0.4, -0.2) is 66.9 Å². The number of aryl methyl sites for hydroxylation is 2. The number of rotatable bonds is 22. The van der Waals surface area contributed by atoms with Crippen molar-refractivity contribution in [3.8, 4) is 0 Å². The average Bonchev–Trinajstić information content (AvgIpc) is 3.26. The van der Waals surface area contributed by atoms with E-state index in [1.807, 2.05) is 6.08 Å². The number of likely N-dealkylation sites (N-methyl/N-ethyl adjacent to an activating group) is 2. The monoisotopic (exact) mass is 879 g/mol. The molecule has 0 saturated carbocycles. The first-order valence-electron chi connectivity index (χ1n) is 23.5. The molecule has 0 aliphatic rings. The van der Waals surface area contributed by atoms with Gasteiger partial charge >= 0.3 is 0 Å². The van der Waals surface area contributed by atoms with Gasteiger partial charge in [0.15, 0.2) is 0 Å². The zero-order valence-electron chi connectivity index (χ0n) is 43.9. The van der Waals surface area contributed by atoms with Crippen LogP contribution in [0.3, 0.4) is 0 Å². The van der Waals surface area contributed by atoms with Gasteiger partial charge in [0.05, 0.1) is 12.4 Å². The lowest BCUT2D eigenvalue weighted by molar-refractivity contribution is 0.266. The summed E-state index contributed by atoms with van der Waals surface area (Å²) in [4.78, 5) is 4.64. The summed E-state index contributed by atoms with van der Waals surface area (Å²) >= 11 is 0. The molecule has 65 heavy (non-hydrogen) atoms. The molecule has 0 radical (unpaired) electrons. The van der Waals surface area contributed by atoms with Crippen LogP contribution >= 0.6 is 0 Å². The van der Waals surface area contributed by atoms with Crippen LogP contribution in [0.5, 0.6) is 0 Å². The molecule has 0 atom stereocenters. The highest BCUT2D eigenvalue weighted by Crippen LogP contribution is 2.33. The summed E-state index contributed by atoms with van der Waals surface area (Å²) in [6, 6.07) is 8.89. The summed E-state index contributed by atoms with van der Waals surface area (Å²) in [6.45, 7) is 43.8. The maximum absolute atomic E-state index is 11.7. The minimum atomic E-state index is -0.0623. The van der Waals surface area contributed by atoms with E-state index in [0.29, 0.717) is 25.1 Å². The van der Waals surface area contributed by atoms with Gasteiger partial charge in [-0.05, 0) is 226 Å². The molecule has 2 aromatic carbocycles. The van der Waals surface area contributed by atoms with E-state index in [4.69, 9.17) is 0 Å². The third-order valence-electron chi connectivity index (χ3n) is 12.4. The minimum Gasteiger partial charge on any atom is -0.512 e. The fourth-order valence-corrected chi connectivity index (χ4v) is 8.07. The van der Waals surface area contributed by atoms with E-state index in [-0.39, 0.29) is 6.61 Å². The van der Waals surface area contributed by atoms with Crippen LogP contribution < -0.4 is 10.4 Å². The van der Waals surface area contributed by atoms with Gasteiger partial charge in [0, 0.05) is 32.6 Å². The second-order valence-corrected chi connectivity index (χ2v) is 18.8. The Kier molecular flexibility index (Phi) is 23.7. The molecule has 0 aliphatic carbocycles. The Bertz CT molecular complexity index is 2430. The van der Waals surface area contributed by atoms with Gasteiger partial charge in [0.25, 0.3) is 0 Å². The van der Waals surface area contributed by atoms with Gasteiger partial charge in [-0.3, -0.25) is 0 Å². The molecule has 0 bridgehead atoms. The third-order valence-corrected chi connectivity index (χ3v) is 12.4. The fraction of sp³-hybridized carbons (Fsp3) is 0.410.